The summed E-state index contributed by atoms with van der Waals surface area (Å²) in [6, 6.07) is 8.00. The monoisotopic (exact) mass is 313 g/mol. The normalized spacial score (nSPS) is 12.6. The van der Waals surface area contributed by atoms with E-state index in [-0.39, 0.29) is 6.04 Å². The Bertz CT molecular complexity index is 551. The highest BCUT2D eigenvalue weighted by Gasteiger charge is 2.19. The average molecular weight is 314 g/mol. The van der Waals surface area contributed by atoms with E-state index in [9.17, 15) is 0 Å². The standard InChI is InChI=1S/C15H17Cl2NS/c1-3-7-18-14(15-10(2)6-8-19-15)12-5-4-11(16)9-13(12)17/h4-6,8-9,14,18H,3,7H2,1-2H3. The van der Waals surface area contributed by atoms with E-state index in [0.29, 0.717) is 10.0 Å². The van der Waals surface area contributed by atoms with Crippen molar-refractivity contribution in [2.45, 2.75) is 26.3 Å². The number of rotatable bonds is 5. The predicted octanol–water partition coefficient (Wildman–Crippen LogP) is 5.45. The molecule has 0 spiro atoms. The number of nitrogens with one attached hydrogen (secondary N) is 1. The smallest absolute Gasteiger partial charge is 0.0688 e. The topological polar surface area (TPSA) is 12.0 Å². The summed E-state index contributed by atoms with van der Waals surface area (Å²) in [4.78, 5) is 1.32. The van der Waals surface area contributed by atoms with Gasteiger partial charge < -0.3 is 5.32 Å². The fourth-order valence-electron chi connectivity index (χ4n) is 2.05. The van der Waals surface area contributed by atoms with E-state index in [2.05, 4.69) is 30.6 Å². The van der Waals surface area contributed by atoms with Crippen molar-refractivity contribution in [2.24, 2.45) is 0 Å². The summed E-state index contributed by atoms with van der Waals surface area (Å²) < 4.78 is 0. The summed E-state index contributed by atoms with van der Waals surface area (Å²) in [6.45, 7) is 5.26. The fourth-order valence-corrected chi connectivity index (χ4v) is 3.59. The molecule has 2 rings (SSSR count). The third-order valence-corrected chi connectivity index (χ3v) is 4.68. The van der Waals surface area contributed by atoms with Crippen LogP contribution in [0.1, 0.15) is 35.4 Å². The third-order valence-electron chi connectivity index (χ3n) is 3.04. The molecule has 0 bridgehead atoms. The fraction of sp³-hybridized carbons (Fsp3) is 0.333. The minimum absolute atomic E-state index is 0.143. The van der Waals surface area contributed by atoms with Gasteiger partial charge in [0.15, 0.2) is 0 Å². The first-order valence-corrected chi connectivity index (χ1v) is 7.99. The molecule has 1 atom stereocenters. The molecule has 1 aromatic carbocycles. The van der Waals surface area contributed by atoms with Gasteiger partial charge in [0, 0.05) is 14.9 Å². The van der Waals surface area contributed by atoms with E-state index in [4.69, 9.17) is 23.2 Å². The van der Waals surface area contributed by atoms with Gasteiger partial charge >= 0.3 is 0 Å². The number of halogens is 2. The highest BCUT2D eigenvalue weighted by atomic mass is 35.5. The Balaban J connectivity index is 2.40. The van der Waals surface area contributed by atoms with Gasteiger partial charge in [-0.2, -0.15) is 0 Å². The van der Waals surface area contributed by atoms with Crippen LogP contribution in [-0.2, 0) is 0 Å². The van der Waals surface area contributed by atoms with Crippen LogP contribution in [0.15, 0.2) is 29.6 Å². The molecule has 1 nitrogen and oxygen atoms in total. The van der Waals surface area contributed by atoms with Gasteiger partial charge in [-0.05, 0) is 54.6 Å². The molecule has 0 fully saturated rings. The van der Waals surface area contributed by atoms with Crippen LogP contribution in [0.5, 0.6) is 0 Å². The average Bonchev–Trinajstić information content (AvgIpc) is 2.78. The molecular weight excluding hydrogens is 297 g/mol. The number of thiophene rings is 1. The van der Waals surface area contributed by atoms with Gasteiger partial charge in [-0.3, -0.25) is 0 Å². The molecule has 0 amide bonds. The summed E-state index contributed by atoms with van der Waals surface area (Å²) >= 11 is 14.1. The maximum Gasteiger partial charge on any atom is 0.0688 e. The van der Waals surface area contributed by atoms with Gasteiger partial charge in [0.25, 0.3) is 0 Å². The molecule has 0 saturated carbocycles. The SMILES string of the molecule is CCCNC(c1ccc(Cl)cc1Cl)c1sccc1C. The lowest BCUT2D eigenvalue weighted by Gasteiger charge is -2.20. The molecule has 4 heteroatoms. The van der Waals surface area contributed by atoms with Crippen molar-refractivity contribution in [1.82, 2.24) is 5.32 Å². The molecule has 19 heavy (non-hydrogen) atoms. The van der Waals surface area contributed by atoms with Crippen molar-refractivity contribution < 1.29 is 0 Å². The Morgan fingerprint density at radius 1 is 1.26 bits per heavy atom. The van der Waals surface area contributed by atoms with Gasteiger partial charge in [0.2, 0.25) is 0 Å². The zero-order chi connectivity index (χ0) is 13.8. The van der Waals surface area contributed by atoms with E-state index in [1.165, 1.54) is 10.4 Å². The third kappa shape index (κ3) is 3.51. The summed E-state index contributed by atoms with van der Waals surface area (Å²) in [6.07, 6.45) is 1.09. The van der Waals surface area contributed by atoms with Crippen LogP contribution in [0.25, 0.3) is 0 Å². The Morgan fingerprint density at radius 2 is 2.05 bits per heavy atom. The van der Waals surface area contributed by atoms with E-state index in [1.54, 1.807) is 11.3 Å². The van der Waals surface area contributed by atoms with Gasteiger partial charge in [-0.15, -0.1) is 11.3 Å². The van der Waals surface area contributed by atoms with Crippen molar-refractivity contribution >= 4 is 34.5 Å². The maximum atomic E-state index is 6.35. The second kappa shape index (κ2) is 6.76. The second-order valence-corrected chi connectivity index (χ2v) is 6.31. The Morgan fingerprint density at radius 3 is 2.63 bits per heavy atom. The molecule has 0 radical (unpaired) electrons. The quantitative estimate of drug-likeness (QED) is 0.773. The molecular formula is C15H17Cl2NS. The molecule has 102 valence electrons. The van der Waals surface area contributed by atoms with Gasteiger partial charge in [0.1, 0.15) is 0 Å². The molecule has 0 aliphatic rings. The highest BCUT2D eigenvalue weighted by Crippen LogP contribution is 2.34. The number of hydrogen-bond donors (Lipinski definition) is 1. The second-order valence-electron chi connectivity index (χ2n) is 4.52. The van der Waals surface area contributed by atoms with Crippen LogP contribution >= 0.6 is 34.5 Å². The van der Waals surface area contributed by atoms with Crippen LogP contribution in [0, 0.1) is 6.92 Å². The maximum absolute atomic E-state index is 6.35. The summed E-state index contributed by atoms with van der Waals surface area (Å²) in [7, 11) is 0. The number of hydrogen-bond acceptors (Lipinski definition) is 2. The number of benzene rings is 1. The van der Waals surface area contributed by atoms with Gasteiger partial charge in [0.05, 0.1) is 6.04 Å². The lowest BCUT2D eigenvalue weighted by Crippen LogP contribution is -2.23. The van der Waals surface area contributed by atoms with Crippen LogP contribution in [0.2, 0.25) is 10.0 Å². The lowest BCUT2D eigenvalue weighted by molar-refractivity contribution is 0.604. The summed E-state index contributed by atoms with van der Waals surface area (Å²) in [5, 5.41) is 7.08. The van der Waals surface area contributed by atoms with Crippen molar-refractivity contribution in [2.75, 3.05) is 6.54 Å². The minimum atomic E-state index is 0.143. The van der Waals surface area contributed by atoms with Crippen LogP contribution in [-0.4, -0.2) is 6.54 Å². The lowest BCUT2D eigenvalue weighted by atomic mass is 10.0. The first-order valence-electron chi connectivity index (χ1n) is 6.35. The van der Waals surface area contributed by atoms with E-state index >= 15 is 0 Å². The molecule has 1 N–H and O–H groups in total. The van der Waals surface area contributed by atoms with Gasteiger partial charge in [-0.1, -0.05) is 36.2 Å². The zero-order valence-electron chi connectivity index (χ0n) is 11.0. The first kappa shape index (κ1) is 14.9. The molecule has 2 aromatic rings. The predicted molar refractivity (Wildman–Crippen MR) is 85.7 cm³/mol. The van der Waals surface area contributed by atoms with Crippen LogP contribution < -0.4 is 5.32 Å². The Kier molecular flexibility index (Phi) is 5.28. The summed E-state index contributed by atoms with van der Waals surface area (Å²) in [5.41, 5.74) is 2.38. The van der Waals surface area contributed by atoms with Crippen LogP contribution in [0.4, 0.5) is 0 Å². The molecule has 0 saturated heterocycles. The van der Waals surface area contributed by atoms with E-state index < -0.39 is 0 Å². The van der Waals surface area contributed by atoms with Crippen molar-refractivity contribution in [3.05, 3.63) is 55.7 Å². The Labute approximate surface area is 128 Å². The van der Waals surface area contributed by atoms with Gasteiger partial charge in [-0.25, -0.2) is 0 Å². The Hall–Kier alpha value is -0.540. The molecule has 1 heterocycles. The zero-order valence-corrected chi connectivity index (χ0v) is 13.4. The minimum Gasteiger partial charge on any atom is -0.306 e. The first-order chi connectivity index (χ1) is 9.13. The largest absolute Gasteiger partial charge is 0.306 e. The molecule has 1 unspecified atom stereocenters. The van der Waals surface area contributed by atoms with E-state index in [1.807, 2.05) is 18.2 Å². The number of aryl methyl sites for hydroxylation is 1. The van der Waals surface area contributed by atoms with Crippen molar-refractivity contribution in [3.8, 4) is 0 Å². The molecule has 0 aliphatic carbocycles. The van der Waals surface area contributed by atoms with Crippen molar-refractivity contribution in [1.29, 1.82) is 0 Å². The van der Waals surface area contributed by atoms with Crippen LogP contribution in [0.3, 0.4) is 0 Å². The van der Waals surface area contributed by atoms with Crippen molar-refractivity contribution in [3.63, 3.8) is 0 Å². The van der Waals surface area contributed by atoms with E-state index in [0.717, 1.165) is 18.5 Å². The highest BCUT2D eigenvalue weighted by molar-refractivity contribution is 7.10. The molecule has 1 aromatic heterocycles. The molecule has 0 aliphatic heterocycles. The summed E-state index contributed by atoms with van der Waals surface area (Å²) in [5.74, 6) is 0.